The zero-order chi connectivity index (χ0) is 13.9. The van der Waals surface area contributed by atoms with E-state index in [1.807, 2.05) is 47.0 Å². The van der Waals surface area contributed by atoms with E-state index < -0.39 is 0 Å². The summed E-state index contributed by atoms with van der Waals surface area (Å²) < 4.78 is 1.82. The predicted octanol–water partition coefficient (Wildman–Crippen LogP) is 2.04. The van der Waals surface area contributed by atoms with E-state index in [0.29, 0.717) is 6.54 Å². The molecule has 0 spiro atoms. The molecule has 2 heterocycles. The van der Waals surface area contributed by atoms with E-state index in [4.69, 9.17) is 0 Å². The Bertz CT molecular complexity index is 594. The van der Waals surface area contributed by atoms with Crippen molar-refractivity contribution in [3.05, 3.63) is 48.3 Å². The molecule has 1 atom stereocenters. The number of benzene rings is 1. The Balaban J connectivity index is 1.63. The molecule has 5 heteroatoms. The molecule has 20 heavy (non-hydrogen) atoms. The lowest BCUT2D eigenvalue weighted by molar-refractivity contribution is 0.242. The highest BCUT2D eigenvalue weighted by Crippen LogP contribution is 2.27. The van der Waals surface area contributed by atoms with Gasteiger partial charge in [-0.15, -0.1) is 0 Å². The smallest absolute Gasteiger partial charge is 0.322 e. The van der Waals surface area contributed by atoms with Gasteiger partial charge in [0.1, 0.15) is 0 Å². The van der Waals surface area contributed by atoms with E-state index >= 15 is 0 Å². The number of hydrogen-bond donors (Lipinski definition) is 1. The van der Waals surface area contributed by atoms with Gasteiger partial charge in [-0.3, -0.25) is 9.58 Å². The van der Waals surface area contributed by atoms with Crippen LogP contribution in [-0.4, -0.2) is 28.4 Å². The maximum atomic E-state index is 12.3. The van der Waals surface area contributed by atoms with Gasteiger partial charge in [-0.2, -0.15) is 5.10 Å². The minimum Gasteiger partial charge on any atom is -0.333 e. The van der Waals surface area contributed by atoms with Crippen LogP contribution < -0.4 is 10.2 Å². The largest absolute Gasteiger partial charge is 0.333 e. The molecule has 2 aromatic rings. The summed E-state index contributed by atoms with van der Waals surface area (Å²) in [7, 11) is 0. The van der Waals surface area contributed by atoms with Gasteiger partial charge in [0.15, 0.2) is 0 Å². The number of nitrogens with one attached hydrogen (secondary N) is 1. The van der Waals surface area contributed by atoms with E-state index in [9.17, 15) is 4.79 Å². The van der Waals surface area contributed by atoms with Crippen molar-refractivity contribution in [2.24, 2.45) is 0 Å². The second-order valence-corrected chi connectivity index (χ2v) is 5.11. The lowest BCUT2D eigenvalue weighted by Gasteiger charge is -2.21. The summed E-state index contributed by atoms with van der Waals surface area (Å²) in [4.78, 5) is 14.1. The molecule has 1 unspecified atom stereocenters. The summed E-state index contributed by atoms with van der Waals surface area (Å²) in [6.07, 6.45) is 4.57. The molecule has 3 rings (SSSR count). The first-order chi connectivity index (χ1) is 9.74. The molecule has 1 aliphatic rings. The van der Waals surface area contributed by atoms with E-state index in [1.165, 1.54) is 5.56 Å². The number of carbonyl (C=O) groups excluding carboxylic acids is 1. The van der Waals surface area contributed by atoms with Crippen molar-refractivity contribution >= 4 is 11.7 Å². The Hall–Kier alpha value is -2.30. The van der Waals surface area contributed by atoms with Crippen molar-refractivity contribution in [1.82, 2.24) is 15.1 Å². The Morgan fingerprint density at radius 1 is 1.40 bits per heavy atom. The van der Waals surface area contributed by atoms with Crippen LogP contribution >= 0.6 is 0 Å². The summed E-state index contributed by atoms with van der Waals surface area (Å²) in [5, 5.41) is 7.18. The molecule has 1 aromatic heterocycles. The number of fused-ring (bicyclic) bond motifs is 1. The number of nitrogens with zero attached hydrogens (tertiary/aromatic N) is 3. The monoisotopic (exact) mass is 270 g/mol. The molecule has 1 aromatic carbocycles. The van der Waals surface area contributed by atoms with Crippen LogP contribution in [0.25, 0.3) is 0 Å². The number of para-hydroxylation sites is 1. The number of urea groups is 1. The molecular weight excluding hydrogens is 252 g/mol. The van der Waals surface area contributed by atoms with E-state index in [-0.39, 0.29) is 12.1 Å². The van der Waals surface area contributed by atoms with Crippen LogP contribution in [0.1, 0.15) is 12.5 Å². The standard InChI is InChI=1S/C15H18N4O/c1-12(11-18-9-4-8-16-18)17-15(20)19-10-7-13-5-2-3-6-14(13)19/h2-6,8-9,12H,7,10-11H2,1H3,(H,17,20). The van der Waals surface area contributed by atoms with Crippen molar-refractivity contribution < 1.29 is 4.79 Å². The molecule has 0 saturated carbocycles. The summed E-state index contributed by atoms with van der Waals surface area (Å²) in [5.41, 5.74) is 2.26. The molecule has 5 nitrogen and oxygen atoms in total. The first-order valence-corrected chi connectivity index (χ1v) is 6.87. The third kappa shape index (κ3) is 2.52. The van der Waals surface area contributed by atoms with Crippen molar-refractivity contribution in [3.63, 3.8) is 0 Å². The highest BCUT2D eigenvalue weighted by Gasteiger charge is 2.24. The van der Waals surface area contributed by atoms with Gasteiger partial charge < -0.3 is 5.32 Å². The fourth-order valence-electron chi connectivity index (χ4n) is 2.57. The summed E-state index contributed by atoms with van der Waals surface area (Å²) in [6.45, 7) is 3.41. The third-order valence-electron chi connectivity index (χ3n) is 3.52. The van der Waals surface area contributed by atoms with Gasteiger partial charge in [0.05, 0.1) is 6.54 Å². The van der Waals surface area contributed by atoms with Crippen LogP contribution in [0.15, 0.2) is 42.7 Å². The molecule has 0 bridgehead atoms. The Kier molecular flexibility index (Phi) is 3.41. The highest BCUT2D eigenvalue weighted by atomic mass is 16.2. The lowest BCUT2D eigenvalue weighted by atomic mass is 10.2. The first-order valence-electron chi connectivity index (χ1n) is 6.87. The van der Waals surface area contributed by atoms with Crippen LogP contribution in [0.5, 0.6) is 0 Å². The Morgan fingerprint density at radius 3 is 3.05 bits per heavy atom. The van der Waals surface area contributed by atoms with Gasteiger partial charge >= 0.3 is 6.03 Å². The minimum absolute atomic E-state index is 0.0328. The van der Waals surface area contributed by atoms with Crippen LogP contribution in [0.2, 0.25) is 0 Å². The summed E-state index contributed by atoms with van der Waals surface area (Å²) in [5.74, 6) is 0. The number of carbonyl (C=O) groups is 1. The molecule has 0 aliphatic carbocycles. The second kappa shape index (κ2) is 5.36. The minimum atomic E-state index is -0.0328. The van der Waals surface area contributed by atoms with Crippen LogP contribution in [0, 0.1) is 0 Å². The molecule has 2 amide bonds. The quantitative estimate of drug-likeness (QED) is 0.928. The Morgan fingerprint density at radius 2 is 2.25 bits per heavy atom. The van der Waals surface area contributed by atoms with Crippen molar-refractivity contribution in [1.29, 1.82) is 0 Å². The molecule has 104 valence electrons. The second-order valence-electron chi connectivity index (χ2n) is 5.11. The zero-order valence-corrected chi connectivity index (χ0v) is 11.5. The van der Waals surface area contributed by atoms with Crippen LogP contribution in [0.4, 0.5) is 10.5 Å². The molecular formula is C15H18N4O. The average Bonchev–Trinajstić information content (AvgIpc) is 3.07. The number of anilines is 1. The van der Waals surface area contributed by atoms with Gasteiger partial charge in [-0.1, -0.05) is 18.2 Å². The van der Waals surface area contributed by atoms with Gasteiger partial charge in [-0.05, 0) is 31.0 Å². The van der Waals surface area contributed by atoms with Crippen LogP contribution in [-0.2, 0) is 13.0 Å². The lowest BCUT2D eigenvalue weighted by Crippen LogP contribution is -2.44. The normalized spacial score (nSPS) is 14.9. The molecule has 0 fully saturated rings. The van der Waals surface area contributed by atoms with Crippen molar-refractivity contribution in [2.75, 3.05) is 11.4 Å². The number of amides is 2. The van der Waals surface area contributed by atoms with Gasteiger partial charge in [0.2, 0.25) is 0 Å². The van der Waals surface area contributed by atoms with E-state index in [1.54, 1.807) is 6.20 Å². The Labute approximate surface area is 118 Å². The number of rotatable bonds is 3. The first kappa shape index (κ1) is 12.7. The zero-order valence-electron chi connectivity index (χ0n) is 11.5. The number of aromatic nitrogens is 2. The van der Waals surface area contributed by atoms with Gasteiger partial charge in [0.25, 0.3) is 0 Å². The molecule has 0 radical (unpaired) electrons. The SMILES string of the molecule is CC(Cn1cccn1)NC(=O)N1CCc2ccccc21. The maximum Gasteiger partial charge on any atom is 0.322 e. The fraction of sp³-hybridized carbons (Fsp3) is 0.333. The fourth-order valence-corrected chi connectivity index (χ4v) is 2.57. The topological polar surface area (TPSA) is 50.2 Å². The highest BCUT2D eigenvalue weighted by molar-refractivity contribution is 5.94. The predicted molar refractivity (Wildman–Crippen MR) is 77.7 cm³/mol. The average molecular weight is 270 g/mol. The van der Waals surface area contributed by atoms with Crippen molar-refractivity contribution in [3.8, 4) is 0 Å². The van der Waals surface area contributed by atoms with Gasteiger partial charge in [0, 0.05) is 30.7 Å². The molecule has 0 saturated heterocycles. The van der Waals surface area contributed by atoms with Crippen LogP contribution in [0.3, 0.4) is 0 Å². The van der Waals surface area contributed by atoms with E-state index in [2.05, 4.69) is 16.5 Å². The van der Waals surface area contributed by atoms with Crippen molar-refractivity contribution in [2.45, 2.75) is 25.9 Å². The third-order valence-corrected chi connectivity index (χ3v) is 3.52. The summed E-state index contributed by atoms with van der Waals surface area (Å²) >= 11 is 0. The number of hydrogen-bond acceptors (Lipinski definition) is 2. The summed E-state index contributed by atoms with van der Waals surface area (Å²) in [6, 6.07) is 9.95. The van der Waals surface area contributed by atoms with E-state index in [0.717, 1.165) is 18.7 Å². The van der Waals surface area contributed by atoms with Gasteiger partial charge in [-0.25, -0.2) is 4.79 Å². The maximum absolute atomic E-state index is 12.3. The molecule has 1 N–H and O–H groups in total. The molecule has 1 aliphatic heterocycles.